The van der Waals surface area contributed by atoms with Crippen molar-refractivity contribution in [2.45, 2.75) is 25.8 Å². The first kappa shape index (κ1) is 13.8. The van der Waals surface area contributed by atoms with E-state index in [0.717, 1.165) is 6.42 Å². The van der Waals surface area contributed by atoms with Crippen molar-refractivity contribution >= 4 is 15.9 Å². The second-order valence-corrected chi connectivity index (χ2v) is 6.82. The number of carbonyl (C=O) groups is 1. The summed E-state index contributed by atoms with van der Waals surface area (Å²) in [5, 5.41) is 0. The van der Waals surface area contributed by atoms with Crippen LogP contribution < -0.4 is 0 Å². The molecule has 0 aromatic rings. The van der Waals surface area contributed by atoms with E-state index in [4.69, 9.17) is 4.74 Å². The number of morpholine rings is 1. The second kappa shape index (κ2) is 5.54. The summed E-state index contributed by atoms with van der Waals surface area (Å²) in [7, 11) is -3.28. The summed E-state index contributed by atoms with van der Waals surface area (Å²) in [5.41, 5.74) is 0. The van der Waals surface area contributed by atoms with Gasteiger partial charge in [-0.05, 0) is 19.8 Å². The van der Waals surface area contributed by atoms with Gasteiger partial charge in [0.05, 0.1) is 19.0 Å². The Hall–Kier alpha value is -0.660. The molecule has 2 aliphatic rings. The van der Waals surface area contributed by atoms with Crippen molar-refractivity contribution in [3.05, 3.63) is 0 Å². The predicted octanol–water partition coefficient (Wildman–Crippen LogP) is -0.341. The van der Waals surface area contributed by atoms with Gasteiger partial charge in [-0.3, -0.25) is 4.79 Å². The molecule has 2 fully saturated rings. The van der Waals surface area contributed by atoms with Gasteiger partial charge in [0.2, 0.25) is 15.9 Å². The number of hydrogen-bond donors (Lipinski definition) is 0. The van der Waals surface area contributed by atoms with Crippen LogP contribution in [0.15, 0.2) is 0 Å². The fourth-order valence-corrected chi connectivity index (χ4v) is 3.80. The van der Waals surface area contributed by atoms with Crippen LogP contribution in [0.25, 0.3) is 0 Å². The number of carbonyl (C=O) groups excluding carboxylic acids is 1. The average molecular weight is 276 g/mol. The number of hydrogen-bond acceptors (Lipinski definition) is 4. The van der Waals surface area contributed by atoms with Crippen molar-refractivity contribution in [1.29, 1.82) is 0 Å². The zero-order valence-corrected chi connectivity index (χ0v) is 11.5. The van der Waals surface area contributed by atoms with Gasteiger partial charge >= 0.3 is 0 Å². The molecule has 7 heteroatoms. The monoisotopic (exact) mass is 276 g/mol. The van der Waals surface area contributed by atoms with Gasteiger partial charge in [0, 0.05) is 19.6 Å². The predicted molar refractivity (Wildman–Crippen MR) is 66.6 cm³/mol. The molecule has 0 radical (unpaired) electrons. The van der Waals surface area contributed by atoms with E-state index in [9.17, 15) is 13.2 Å². The van der Waals surface area contributed by atoms with E-state index < -0.39 is 16.1 Å². The molecule has 0 spiro atoms. The minimum absolute atomic E-state index is 0.0554. The van der Waals surface area contributed by atoms with Crippen LogP contribution in [0.4, 0.5) is 0 Å². The number of ether oxygens (including phenoxy) is 1. The highest BCUT2D eigenvalue weighted by Gasteiger charge is 2.39. The second-order valence-electron chi connectivity index (χ2n) is 4.61. The van der Waals surface area contributed by atoms with Crippen LogP contribution in [-0.2, 0) is 19.6 Å². The van der Waals surface area contributed by atoms with Crippen LogP contribution in [0, 0.1) is 0 Å². The van der Waals surface area contributed by atoms with E-state index in [2.05, 4.69) is 0 Å². The molecule has 2 aliphatic heterocycles. The summed E-state index contributed by atoms with van der Waals surface area (Å²) in [6.07, 6.45) is 1.40. The average Bonchev–Trinajstić information content (AvgIpc) is 2.89. The smallest absolute Gasteiger partial charge is 0.241 e. The molecule has 0 N–H and O–H groups in total. The Bertz CT molecular complexity index is 403. The Morgan fingerprint density at radius 3 is 2.56 bits per heavy atom. The standard InChI is InChI=1S/C11H20N2O4S/c1-2-18(15,16)13-5-3-4-10(13)11(14)12-6-8-17-9-7-12/h10H,2-9H2,1H3. The Morgan fingerprint density at radius 1 is 1.28 bits per heavy atom. The molecule has 104 valence electrons. The van der Waals surface area contributed by atoms with Gasteiger partial charge in [-0.1, -0.05) is 0 Å². The van der Waals surface area contributed by atoms with Crippen molar-refractivity contribution in [3.63, 3.8) is 0 Å². The van der Waals surface area contributed by atoms with Crippen LogP contribution in [-0.4, -0.2) is 68.2 Å². The van der Waals surface area contributed by atoms with Crippen LogP contribution in [0.1, 0.15) is 19.8 Å². The molecule has 0 aliphatic carbocycles. The lowest BCUT2D eigenvalue weighted by atomic mass is 10.2. The molecule has 1 unspecified atom stereocenters. The summed E-state index contributed by atoms with van der Waals surface area (Å²) in [6.45, 7) is 4.30. The first-order valence-electron chi connectivity index (χ1n) is 6.42. The molecule has 2 rings (SSSR count). The van der Waals surface area contributed by atoms with Gasteiger partial charge in [0.25, 0.3) is 0 Å². The van der Waals surface area contributed by atoms with Crippen molar-refractivity contribution < 1.29 is 17.9 Å². The van der Waals surface area contributed by atoms with E-state index in [0.29, 0.717) is 39.3 Å². The quantitative estimate of drug-likeness (QED) is 0.707. The minimum Gasteiger partial charge on any atom is -0.378 e. The number of sulfonamides is 1. The van der Waals surface area contributed by atoms with Gasteiger partial charge in [0.1, 0.15) is 6.04 Å². The summed E-state index contributed by atoms with van der Waals surface area (Å²) < 4.78 is 30.4. The van der Waals surface area contributed by atoms with Crippen molar-refractivity contribution in [1.82, 2.24) is 9.21 Å². The highest BCUT2D eigenvalue weighted by Crippen LogP contribution is 2.23. The lowest BCUT2D eigenvalue weighted by Gasteiger charge is -2.32. The third kappa shape index (κ3) is 2.67. The van der Waals surface area contributed by atoms with Crippen LogP contribution in [0.3, 0.4) is 0 Å². The summed E-state index contributed by atoms with van der Waals surface area (Å²) in [5.74, 6) is -0.00675. The molecular formula is C11H20N2O4S. The summed E-state index contributed by atoms with van der Waals surface area (Å²) >= 11 is 0. The zero-order valence-electron chi connectivity index (χ0n) is 10.7. The number of nitrogens with zero attached hydrogens (tertiary/aromatic N) is 2. The minimum atomic E-state index is -3.28. The highest BCUT2D eigenvalue weighted by molar-refractivity contribution is 7.89. The van der Waals surface area contributed by atoms with E-state index >= 15 is 0 Å². The molecular weight excluding hydrogens is 256 g/mol. The number of rotatable bonds is 3. The molecule has 0 aromatic carbocycles. The third-order valence-electron chi connectivity index (χ3n) is 3.53. The Morgan fingerprint density at radius 2 is 1.94 bits per heavy atom. The van der Waals surface area contributed by atoms with Crippen molar-refractivity contribution in [2.24, 2.45) is 0 Å². The topological polar surface area (TPSA) is 66.9 Å². The summed E-state index contributed by atoms with van der Waals surface area (Å²) in [6, 6.07) is -0.493. The SMILES string of the molecule is CCS(=O)(=O)N1CCCC1C(=O)N1CCOCC1. The third-order valence-corrected chi connectivity index (χ3v) is 5.41. The molecule has 2 saturated heterocycles. The number of amides is 1. The van der Waals surface area contributed by atoms with Crippen molar-refractivity contribution in [3.8, 4) is 0 Å². The molecule has 0 saturated carbocycles. The van der Waals surface area contributed by atoms with E-state index in [-0.39, 0.29) is 11.7 Å². The normalized spacial score (nSPS) is 26.5. The van der Waals surface area contributed by atoms with Gasteiger partial charge < -0.3 is 9.64 Å². The van der Waals surface area contributed by atoms with Gasteiger partial charge in [-0.2, -0.15) is 4.31 Å². The lowest BCUT2D eigenvalue weighted by Crippen LogP contribution is -2.51. The Balaban J connectivity index is 2.09. The molecule has 6 nitrogen and oxygen atoms in total. The lowest BCUT2D eigenvalue weighted by molar-refractivity contribution is -0.138. The van der Waals surface area contributed by atoms with Crippen LogP contribution in [0.2, 0.25) is 0 Å². The van der Waals surface area contributed by atoms with Crippen LogP contribution >= 0.6 is 0 Å². The van der Waals surface area contributed by atoms with E-state index in [1.807, 2.05) is 0 Å². The largest absolute Gasteiger partial charge is 0.378 e. The van der Waals surface area contributed by atoms with Gasteiger partial charge in [0.15, 0.2) is 0 Å². The molecule has 18 heavy (non-hydrogen) atoms. The van der Waals surface area contributed by atoms with Crippen molar-refractivity contribution in [2.75, 3.05) is 38.6 Å². The van der Waals surface area contributed by atoms with Crippen LogP contribution in [0.5, 0.6) is 0 Å². The fraction of sp³-hybridized carbons (Fsp3) is 0.909. The zero-order chi connectivity index (χ0) is 13.2. The Kier molecular flexibility index (Phi) is 4.24. The molecule has 1 amide bonds. The first-order chi connectivity index (χ1) is 8.56. The summed E-state index contributed by atoms with van der Waals surface area (Å²) in [4.78, 5) is 14.1. The Labute approximate surface area is 108 Å². The van der Waals surface area contributed by atoms with E-state index in [1.54, 1.807) is 11.8 Å². The fourth-order valence-electron chi connectivity index (χ4n) is 2.48. The molecule has 2 heterocycles. The van der Waals surface area contributed by atoms with E-state index in [1.165, 1.54) is 4.31 Å². The molecule has 0 aromatic heterocycles. The van der Waals surface area contributed by atoms with Gasteiger partial charge in [-0.15, -0.1) is 0 Å². The maximum absolute atomic E-state index is 12.3. The first-order valence-corrected chi connectivity index (χ1v) is 8.03. The molecule has 0 bridgehead atoms. The molecule has 1 atom stereocenters. The highest BCUT2D eigenvalue weighted by atomic mass is 32.2. The maximum Gasteiger partial charge on any atom is 0.241 e. The van der Waals surface area contributed by atoms with Gasteiger partial charge in [-0.25, -0.2) is 8.42 Å². The maximum atomic E-state index is 12.3.